The summed E-state index contributed by atoms with van der Waals surface area (Å²) in [5, 5.41) is 5.14. The summed E-state index contributed by atoms with van der Waals surface area (Å²) in [5.74, 6) is 1.72. The van der Waals surface area contributed by atoms with Crippen molar-refractivity contribution in [2.24, 2.45) is 0 Å². The van der Waals surface area contributed by atoms with E-state index in [0.717, 1.165) is 50.8 Å². The smallest absolute Gasteiger partial charge is 0.135 e. The monoisotopic (exact) mass is 825 g/mol. The molecule has 0 saturated carbocycles. The van der Waals surface area contributed by atoms with Crippen LogP contribution in [0.4, 0.5) is 17.1 Å². The number of hydrogen-bond donors (Lipinski definition) is 0. The van der Waals surface area contributed by atoms with Crippen LogP contribution in [0.1, 0.15) is 22.3 Å². The number of hydrogen-bond acceptors (Lipinski definition) is 2. The molecule has 1 unspecified atom stereocenters. The maximum Gasteiger partial charge on any atom is 0.135 e. The van der Waals surface area contributed by atoms with E-state index in [-0.39, 0.29) is 0 Å². The molecule has 14 rings (SSSR count). The molecule has 65 heavy (non-hydrogen) atoms. The van der Waals surface area contributed by atoms with Gasteiger partial charge in [-0.3, -0.25) is 0 Å². The first kappa shape index (κ1) is 36.1. The molecule has 2 heteroatoms. The van der Waals surface area contributed by atoms with E-state index in [4.69, 9.17) is 4.74 Å². The van der Waals surface area contributed by atoms with Crippen LogP contribution in [0.3, 0.4) is 0 Å². The SMILES string of the molecule is c1ccc(N(c2ccc3c(c2)-c2ccccc2Oc2ccccc2-3)c2ccc3c(c2)-c2ccccc2-c2ccccc2C32c3ccccc3-c3c2c2ccccc2c2ccccc32)cc1. The van der Waals surface area contributed by atoms with Crippen LogP contribution in [0.2, 0.25) is 0 Å². The fourth-order valence-electron chi connectivity index (χ4n) is 11.7. The van der Waals surface area contributed by atoms with Crippen molar-refractivity contribution in [3.8, 4) is 67.1 Å². The van der Waals surface area contributed by atoms with E-state index in [0.29, 0.717) is 0 Å². The van der Waals surface area contributed by atoms with Crippen molar-refractivity contribution in [3.05, 3.63) is 259 Å². The van der Waals surface area contributed by atoms with E-state index in [2.05, 4.69) is 235 Å². The average molecular weight is 826 g/mol. The molecular weight excluding hydrogens is 787 g/mol. The van der Waals surface area contributed by atoms with E-state index in [9.17, 15) is 0 Å². The Morgan fingerprint density at radius 2 is 0.723 bits per heavy atom. The first-order valence-electron chi connectivity index (χ1n) is 22.5. The van der Waals surface area contributed by atoms with Crippen molar-refractivity contribution >= 4 is 38.6 Å². The highest BCUT2D eigenvalue weighted by atomic mass is 16.5. The summed E-state index contributed by atoms with van der Waals surface area (Å²) < 4.78 is 6.62. The molecule has 0 fully saturated rings. The summed E-state index contributed by atoms with van der Waals surface area (Å²) in [4.78, 5) is 2.42. The van der Waals surface area contributed by atoms with E-state index in [1.165, 1.54) is 77.2 Å². The Balaban J connectivity index is 1.09. The van der Waals surface area contributed by atoms with Gasteiger partial charge in [0.05, 0.1) is 5.41 Å². The molecule has 302 valence electrons. The highest BCUT2D eigenvalue weighted by Gasteiger charge is 2.51. The molecule has 1 spiro atoms. The summed E-state index contributed by atoms with van der Waals surface area (Å²) >= 11 is 0. The second-order valence-corrected chi connectivity index (χ2v) is 17.5. The van der Waals surface area contributed by atoms with Gasteiger partial charge in [-0.25, -0.2) is 0 Å². The van der Waals surface area contributed by atoms with Crippen molar-refractivity contribution < 1.29 is 4.74 Å². The second-order valence-electron chi connectivity index (χ2n) is 17.5. The molecule has 0 saturated heterocycles. The summed E-state index contributed by atoms with van der Waals surface area (Å²) in [6.07, 6.45) is 0. The highest BCUT2D eigenvalue weighted by molar-refractivity contribution is 6.20. The van der Waals surface area contributed by atoms with Crippen molar-refractivity contribution in [3.63, 3.8) is 0 Å². The van der Waals surface area contributed by atoms with Crippen LogP contribution in [0.15, 0.2) is 237 Å². The molecule has 0 radical (unpaired) electrons. The minimum atomic E-state index is -0.641. The number of benzene rings is 11. The van der Waals surface area contributed by atoms with E-state index >= 15 is 0 Å². The maximum atomic E-state index is 6.62. The summed E-state index contributed by atoms with van der Waals surface area (Å²) in [6.45, 7) is 0. The highest BCUT2D eigenvalue weighted by Crippen LogP contribution is 2.64. The number of rotatable bonds is 3. The lowest BCUT2D eigenvalue weighted by Gasteiger charge is -2.37. The summed E-state index contributed by atoms with van der Waals surface area (Å²) in [7, 11) is 0. The van der Waals surface area contributed by atoms with Gasteiger partial charge in [0.15, 0.2) is 0 Å². The van der Waals surface area contributed by atoms with Crippen LogP contribution in [0.25, 0.3) is 77.2 Å². The van der Waals surface area contributed by atoms with Gasteiger partial charge in [-0.05, 0) is 137 Å². The Labute approximate surface area is 377 Å². The van der Waals surface area contributed by atoms with Gasteiger partial charge in [-0.2, -0.15) is 0 Å². The Kier molecular flexibility index (Phi) is 7.64. The van der Waals surface area contributed by atoms with E-state index in [1.54, 1.807) is 0 Å². The van der Waals surface area contributed by atoms with Gasteiger partial charge < -0.3 is 9.64 Å². The Bertz CT molecular complexity index is 3770. The lowest BCUT2D eigenvalue weighted by molar-refractivity contribution is 0.488. The van der Waals surface area contributed by atoms with Gasteiger partial charge in [0.2, 0.25) is 0 Å². The lowest BCUT2D eigenvalue weighted by Crippen LogP contribution is -2.29. The first-order valence-corrected chi connectivity index (χ1v) is 22.5. The standard InChI is InChI=1S/C63H39NO/c1-2-18-40(19-3-1)64(41-34-36-47-49-25-12-16-32-59(49)65-60-33-17-13-26-50(60)54(47)38-41)42-35-37-58-55(39-42)46-23-5-4-20-43(46)48-24-10-14-30-56(48)63(58)57-31-15-11-29-53(57)61-51-27-8-6-21-44(51)45-22-7-9-28-52(45)62(61)63/h1-39H. The maximum absolute atomic E-state index is 6.62. The molecule has 2 nitrogen and oxygen atoms in total. The van der Waals surface area contributed by atoms with Gasteiger partial charge in [0, 0.05) is 28.2 Å². The number of ether oxygens (including phenoxy) is 1. The molecule has 0 bridgehead atoms. The van der Waals surface area contributed by atoms with Crippen molar-refractivity contribution in [1.29, 1.82) is 0 Å². The molecule has 2 aliphatic carbocycles. The van der Waals surface area contributed by atoms with Crippen molar-refractivity contribution in [2.75, 3.05) is 4.90 Å². The number of fused-ring (bicyclic) bond motifs is 22. The van der Waals surface area contributed by atoms with Crippen LogP contribution in [-0.4, -0.2) is 0 Å². The molecule has 3 aliphatic rings. The molecule has 0 N–H and O–H groups in total. The van der Waals surface area contributed by atoms with Gasteiger partial charge in [0.1, 0.15) is 11.5 Å². The zero-order chi connectivity index (χ0) is 42.6. The quantitative estimate of drug-likeness (QED) is 0.165. The predicted octanol–water partition coefficient (Wildman–Crippen LogP) is 16.9. The van der Waals surface area contributed by atoms with Crippen LogP contribution < -0.4 is 9.64 Å². The van der Waals surface area contributed by atoms with Crippen molar-refractivity contribution in [1.82, 2.24) is 0 Å². The normalized spacial score (nSPS) is 14.6. The van der Waals surface area contributed by atoms with E-state index < -0.39 is 5.41 Å². The zero-order valence-corrected chi connectivity index (χ0v) is 35.4. The molecule has 11 aromatic rings. The average Bonchev–Trinajstić information content (AvgIpc) is 3.54. The third kappa shape index (κ3) is 4.99. The minimum absolute atomic E-state index is 0.641. The third-order valence-corrected chi connectivity index (χ3v) is 14.3. The molecule has 0 amide bonds. The first-order chi connectivity index (χ1) is 32.3. The zero-order valence-electron chi connectivity index (χ0n) is 35.4. The number of para-hydroxylation sites is 3. The van der Waals surface area contributed by atoms with Crippen molar-refractivity contribution in [2.45, 2.75) is 5.41 Å². The van der Waals surface area contributed by atoms with E-state index in [1.807, 2.05) is 6.07 Å². The fraction of sp³-hybridized carbons (Fsp3) is 0.0159. The van der Waals surface area contributed by atoms with Crippen LogP contribution >= 0.6 is 0 Å². The van der Waals surface area contributed by atoms with Crippen LogP contribution in [-0.2, 0) is 5.41 Å². The second kappa shape index (κ2) is 13.8. The third-order valence-electron chi connectivity index (χ3n) is 14.3. The lowest BCUT2D eigenvalue weighted by atomic mass is 9.64. The van der Waals surface area contributed by atoms with Gasteiger partial charge in [0.25, 0.3) is 0 Å². The largest absolute Gasteiger partial charge is 0.456 e. The van der Waals surface area contributed by atoms with Crippen LogP contribution in [0.5, 0.6) is 11.5 Å². The number of anilines is 3. The summed E-state index contributed by atoms with van der Waals surface area (Å²) in [6, 6.07) is 87.3. The molecule has 1 heterocycles. The molecule has 0 aromatic heterocycles. The van der Waals surface area contributed by atoms with Crippen LogP contribution in [0, 0.1) is 0 Å². The minimum Gasteiger partial charge on any atom is -0.456 e. The summed E-state index contributed by atoms with van der Waals surface area (Å²) in [5.41, 5.74) is 19.8. The molecule has 1 atom stereocenters. The fourth-order valence-corrected chi connectivity index (χ4v) is 11.7. The van der Waals surface area contributed by atoms with Gasteiger partial charge in [-0.1, -0.05) is 188 Å². The molecule has 1 aliphatic heterocycles. The topological polar surface area (TPSA) is 12.5 Å². The predicted molar refractivity (Wildman–Crippen MR) is 269 cm³/mol. The molecule has 11 aromatic carbocycles. The number of nitrogens with zero attached hydrogens (tertiary/aromatic N) is 1. The van der Waals surface area contributed by atoms with Gasteiger partial charge >= 0.3 is 0 Å². The Morgan fingerprint density at radius 1 is 0.277 bits per heavy atom. The Morgan fingerprint density at radius 3 is 1.43 bits per heavy atom. The van der Waals surface area contributed by atoms with Gasteiger partial charge in [-0.15, -0.1) is 0 Å². The molecular formula is C63H39NO. The Hall–Kier alpha value is -8.46.